The van der Waals surface area contributed by atoms with Gasteiger partial charge < -0.3 is 19.4 Å². The molecule has 3 rings (SSSR count). The lowest BCUT2D eigenvalue weighted by molar-refractivity contribution is -0.145. The van der Waals surface area contributed by atoms with Crippen molar-refractivity contribution >= 4 is 17.8 Å². The van der Waals surface area contributed by atoms with Gasteiger partial charge in [-0.25, -0.2) is 0 Å². The number of amides is 2. The molecule has 24 heavy (non-hydrogen) atoms. The number of carbonyl (C=O) groups excluding carboxylic acids is 2. The monoisotopic (exact) mass is 335 g/mol. The molecule has 2 heterocycles. The second-order valence-electron chi connectivity index (χ2n) is 6.54. The predicted octanol–water partition coefficient (Wildman–Crippen LogP) is 0.947. The van der Waals surface area contributed by atoms with Crippen molar-refractivity contribution in [1.82, 2.24) is 15.0 Å². The number of rotatable bonds is 5. The van der Waals surface area contributed by atoms with E-state index < -0.39 is 5.97 Å². The van der Waals surface area contributed by atoms with Gasteiger partial charge in [0, 0.05) is 32.1 Å². The fourth-order valence-electron chi connectivity index (χ4n) is 2.90. The standard InChI is InChI=1S/C16H21N3O5/c1-18(15(21)12-8-13(24-17-12)10-2-3-10)9-14(20)19-6-4-11(5-7-19)16(22)23/h8,10-11H,2-7,9H2,1H3,(H,22,23). The Morgan fingerprint density at radius 3 is 2.54 bits per heavy atom. The third-order valence-corrected chi connectivity index (χ3v) is 4.64. The van der Waals surface area contributed by atoms with Crippen LogP contribution in [0.4, 0.5) is 0 Å². The molecule has 1 N–H and O–H groups in total. The van der Waals surface area contributed by atoms with Crippen LogP contribution in [0.5, 0.6) is 0 Å². The van der Waals surface area contributed by atoms with Gasteiger partial charge in [0.2, 0.25) is 5.91 Å². The minimum absolute atomic E-state index is 0.0534. The summed E-state index contributed by atoms with van der Waals surface area (Å²) in [6, 6.07) is 1.65. The molecule has 0 bridgehead atoms. The molecule has 130 valence electrons. The molecule has 8 nitrogen and oxygen atoms in total. The van der Waals surface area contributed by atoms with Crippen molar-refractivity contribution in [2.24, 2.45) is 5.92 Å². The van der Waals surface area contributed by atoms with Gasteiger partial charge >= 0.3 is 5.97 Å². The summed E-state index contributed by atoms with van der Waals surface area (Å²) in [7, 11) is 1.55. The lowest BCUT2D eigenvalue weighted by Gasteiger charge is -2.31. The maximum Gasteiger partial charge on any atom is 0.306 e. The first-order valence-electron chi connectivity index (χ1n) is 8.18. The Morgan fingerprint density at radius 1 is 1.29 bits per heavy atom. The molecule has 1 aromatic rings. The summed E-state index contributed by atoms with van der Waals surface area (Å²) < 4.78 is 5.17. The van der Waals surface area contributed by atoms with E-state index in [9.17, 15) is 14.4 Å². The van der Waals surface area contributed by atoms with Crippen LogP contribution in [0.3, 0.4) is 0 Å². The molecule has 1 saturated carbocycles. The quantitative estimate of drug-likeness (QED) is 0.859. The number of piperidine rings is 1. The minimum Gasteiger partial charge on any atom is -0.481 e. The Hall–Kier alpha value is -2.38. The number of carboxylic acids is 1. The van der Waals surface area contributed by atoms with Crippen LogP contribution >= 0.6 is 0 Å². The number of hydrogen-bond acceptors (Lipinski definition) is 5. The fourth-order valence-corrected chi connectivity index (χ4v) is 2.90. The number of carbonyl (C=O) groups is 3. The molecule has 1 aliphatic heterocycles. The van der Waals surface area contributed by atoms with Gasteiger partial charge in [-0.05, 0) is 25.7 Å². The molecule has 0 unspecified atom stereocenters. The largest absolute Gasteiger partial charge is 0.481 e. The van der Waals surface area contributed by atoms with Crippen LogP contribution in [-0.4, -0.2) is 64.5 Å². The Bertz CT molecular complexity index is 644. The number of carboxylic acid groups (broad SMARTS) is 1. The van der Waals surface area contributed by atoms with Crippen molar-refractivity contribution in [1.29, 1.82) is 0 Å². The van der Waals surface area contributed by atoms with E-state index in [1.807, 2.05) is 0 Å². The van der Waals surface area contributed by atoms with Crippen molar-refractivity contribution in [3.8, 4) is 0 Å². The zero-order valence-electron chi connectivity index (χ0n) is 13.6. The van der Waals surface area contributed by atoms with Crippen LogP contribution in [0.2, 0.25) is 0 Å². The van der Waals surface area contributed by atoms with E-state index in [-0.39, 0.29) is 30.0 Å². The van der Waals surface area contributed by atoms with Crippen molar-refractivity contribution in [2.45, 2.75) is 31.6 Å². The zero-order chi connectivity index (χ0) is 17.3. The molecule has 8 heteroatoms. The van der Waals surface area contributed by atoms with Crippen molar-refractivity contribution in [3.05, 3.63) is 17.5 Å². The highest BCUT2D eigenvalue weighted by Crippen LogP contribution is 2.40. The molecule has 0 aromatic carbocycles. The SMILES string of the molecule is CN(CC(=O)N1CCC(C(=O)O)CC1)C(=O)c1cc(C2CC2)on1. The Balaban J connectivity index is 1.51. The molecule has 1 saturated heterocycles. The van der Waals surface area contributed by atoms with E-state index in [0.717, 1.165) is 18.6 Å². The first-order chi connectivity index (χ1) is 11.5. The third kappa shape index (κ3) is 3.58. The average molecular weight is 335 g/mol. The number of nitrogens with zero attached hydrogens (tertiary/aromatic N) is 3. The zero-order valence-corrected chi connectivity index (χ0v) is 13.6. The molecule has 2 aliphatic rings. The molecule has 2 amide bonds. The van der Waals surface area contributed by atoms with E-state index in [4.69, 9.17) is 9.63 Å². The van der Waals surface area contributed by atoms with Gasteiger partial charge in [0.25, 0.3) is 5.91 Å². The predicted molar refractivity (Wildman–Crippen MR) is 82.4 cm³/mol. The second-order valence-corrected chi connectivity index (χ2v) is 6.54. The fraction of sp³-hybridized carbons (Fsp3) is 0.625. The van der Waals surface area contributed by atoms with Crippen LogP contribution in [0.15, 0.2) is 10.6 Å². The maximum atomic E-state index is 12.3. The first kappa shape index (κ1) is 16.5. The molecular weight excluding hydrogens is 314 g/mol. The molecular formula is C16H21N3O5. The van der Waals surface area contributed by atoms with E-state index in [2.05, 4.69) is 5.16 Å². The molecule has 0 atom stereocenters. The second kappa shape index (κ2) is 6.62. The normalized spacial score (nSPS) is 18.5. The molecule has 1 aromatic heterocycles. The van der Waals surface area contributed by atoms with Crippen LogP contribution in [-0.2, 0) is 9.59 Å². The van der Waals surface area contributed by atoms with Gasteiger partial charge in [-0.2, -0.15) is 0 Å². The Labute approximate surface area is 139 Å². The van der Waals surface area contributed by atoms with E-state index in [0.29, 0.717) is 31.8 Å². The Kier molecular flexibility index (Phi) is 4.55. The van der Waals surface area contributed by atoms with Gasteiger partial charge in [-0.15, -0.1) is 0 Å². The summed E-state index contributed by atoms with van der Waals surface area (Å²) in [6.45, 7) is 0.767. The highest BCUT2D eigenvalue weighted by Gasteiger charge is 2.31. The highest BCUT2D eigenvalue weighted by atomic mass is 16.5. The van der Waals surface area contributed by atoms with Crippen LogP contribution < -0.4 is 0 Å². The van der Waals surface area contributed by atoms with Gasteiger partial charge in [0.1, 0.15) is 5.76 Å². The number of likely N-dealkylation sites (tertiary alicyclic amines) is 1. The van der Waals surface area contributed by atoms with Gasteiger partial charge in [-0.1, -0.05) is 5.16 Å². The highest BCUT2D eigenvalue weighted by molar-refractivity contribution is 5.94. The van der Waals surface area contributed by atoms with Crippen molar-refractivity contribution in [3.63, 3.8) is 0 Å². The van der Waals surface area contributed by atoms with E-state index >= 15 is 0 Å². The number of aliphatic carboxylic acids is 1. The average Bonchev–Trinajstić information content (AvgIpc) is 3.31. The molecule has 2 fully saturated rings. The summed E-state index contributed by atoms with van der Waals surface area (Å²) in [6.07, 6.45) is 3.02. The van der Waals surface area contributed by atoms with Gasteiger partial charge in [0.05, 0.1) is 12.5 Å². The van der Waals surface area contributed by atoms with Crippen molar-refractivity contribution in [2.75, 3.05) is 26.7 Å². The van der Waals surface area contributed by atoms with Crippen LogP contribution in [0, 0.1) is 5.92 Å². The minimum atomic E-state index is -0.813. The summed E-state index contributed by atoms with van der Waals surface area (Å²) in [4.78, 5) is 38.5. The Morgan fingerprint density at radius 2 is 1.96 bits per heavy atom. The van der Waals surface area contributed by atoms with Gasteiger partial charge in [-0.3, -0.25) is 14.4 Å². The van der Waals surface area contributed by atoms with Crippen LogP contribution in [0.25, 0.3) is 0 Å². The number of aromatic nitrogens is 1. The van der Waals surface area contributed by atoms with Crippen molar-refractivity contribution < 1.29 is 24.0 Å². The smallest absolute Gasteiger partial charge is 0.306 e. The lowest BCUT2D eigenvalue weighted by Crippen LogP contribution is -2.45. The topological polar surface area (TPSA) is 104 Å². The first-order valence-corrected chi connectivity index (χ1v) is 8.18. The number of likely N-dealkylation sites (N-methyl/N-ethyl adjacent to an activating group) is 1. The summed E-state index contributed by atoms with van der Waals surface area (Å²) in [5.74, 6) is -0.619. The van der Waals surface area contributed by atoms with E-state index in [1.54, 1.807) is 18.0 Å². The molecule has 0 spiro atoms. The summed E-state index contributed by atoms with van der Waals surface area (Å²) in [5, 5.41) is 12.8. The third-order valence-electron chi connectivity index (χ3n) is 4.64. The summed E-state index contributed by atoms with van der Waals surface area (Å²) in [5.41, 5.74) is 0.219. The number of hydrogen-bond donors (Lipinski definition) is 1. The van der Waals surface area contributed by atoms with Crippen LogP contribution in [0.1, 0.15) is 47.8 Å². The van der Waals surface area contributed by atoms with E-state index in [1.165, 1.54) is 4.90 Å². The maximum absolute atomic E-state index is 12.3. The summed E-state index contributed by atoms with van der Waals surface area (Å²) >= 11 is 0. The van der Waals surface area contributed by atoms with Gasteiger partial charge in [0.15, 0.2) is 5.69 Å². The lowest BCUT2D eigenvalue weighted by atomic mass is 9.97. The molecule has 0 radical (unpaired) electrons. The molecule has 1 aliphatic carbocycles.